The van der Waals surface area contributed by atoms with E-state index in [1.807, 2.05) is 0 Å². The van der Waals surface area contributed by atoms with E-state index in [0.717, 1.165) is 11.3 Å². The maximum atomic E-state index is 13.8. The van der Waals surface area contributed by atoms with Gasteiger partial charge in [0.25, 0.3) is 5.91 Å². The van der Waals surface area contributed by atoms with Gasteiger partial charge in [0.05, 0.1) is 11.3 Å². The van der Waals surface area contributed by atoms with Crippen molar-refractivity contribution in [1.82, 2.24) is 4.98 Å². The number of nitrogens with two attached hydrogens (primary N) is 1. The molecular weight excluding hydrogens is 317 g/mol. The van der Waals surface area contributed by atoms with Gasteiger partial charge in [-0.3, -0.25) is 10.1 Å². The average Bonchev–Trinajstić information content (AvgIpc) is 2.73. The SMILES string of the molecule is Cc1cccc(C(=O)Nc2nc(C)c(S(N)(=O)=O)s2)c1F. The van der Waals surface area contributed by atoms with Gasteiger partial charge in [0.15, 0.2) is 9.34 Å². The molecule has 0 spiro atoms. The normalized spacial score (nSPS) is 11.4. The summed E-state index contributed by atoms with van der Waals surface area (Å²) in [6.07, 6.45) is 0. The second-order valence-electron chi connectivity index (χ2n) is 4.33. The summed E-state index contributed by atoms with van der Waals surface area (Å²) in [5.74, 6) is -1.33. The molecule has 0 fully saturated rings. The Bertz CT molecular complexity index is 815. The molecule has 21 heavy (non-hydrogen) atoms. The van der Waals surface area contributed by atoms with Crippen LogP contribution in [-0.4, -0.2) is 19.3 Å². The highest BCUT2D eigenvalue weighted by Crippen LogP contribution is 2.26. The predicted octanol–water partition coefficient (Wildman–Crippen LogP) is 1.80. The number of hydrogen-bond donors (Lipinski definition) is 2. The number of amides is 1. The number of nitrogens with one attached hydrogen (secondary N) is 1. The van der Waals surface area contributed by atoms with Crippen LogP contribution < -0.4 is 10.5 Å². The van der Waals surface area contributed by atoms with Crippen molar-refractivity contribution in [3.05, 3.63) is 40.8 Å². The zero-order valence-corrected chi connectivity index (χ0v) is 12.8. The fourth-order valence-electron chi connectivity index (χ4n) is 1.69. The Labute approximate surface area is 124 Å². The molecule has 2 rings (SSSR count). The second-order valence-corrected chi connectivity index (χ2v) is 7.08. The van der Waals surface area contributed by atoms with Gasteiger partial charge in [0, 0.05) is 0 Å². The fourth-order valence-corrected chi connectivity index (χ4v) is 3.54. The third-order valence-electron chi connectivity index (χ3n) is 2.67. The maximum absolute atomic E-state index is 13.8. The van der Waals surface area contributed by atoms with Gasteiger partial charge in [-0.1, -0.05) is 23.5 Å². The van der Waals surface area contributed by atoms with Crippen molar-refractivity contribution in [2.24, 2.45) is 5.14 Å². The summed E-state index contributed by atoms with van der Waals surface area (Å²) in [4.78, 5) is 15.9. The predicted molar refractivity (Wildman–Crippen MR) is 77.3 cm³/mol. The van der Waals surface area contributed by atoms with Gasteiger partial charge < -0.3 is 0 Å². The molecule has 0 bridgehead atoms. The number of benzene rings is 1. The topological polar surface area (TPSA) is 102 Å². The number of carbonyl (C=O) groups excluding carboxylic acids is 1. The van der Waals surface area contributed by atoms with Gasteiger partial charge in [0.1, 0.15) is 5.82 Å². The molecule has 0 aliphatic carbocycles. The van der Waals surface area contributed by atoms with Crippen LogP contribution in [0.1, 0.15) is 21.6 Å². The van der Waals surface area contributed by atoms with Gasteiger partial charge in [-0.25, -0.2) is 22.9 Å². The molecule has 0 unspecified atom stereocenters. The number of aryl methyl sites for hydroxylation is 2. The summed E-state index contributed by atoms with van der Waals surface area (Å²) in [6, 6.07) is 4.42. The molecule has 3 N–H and O–H groups in total. The van der Waals surface area contributed by atoms with Crippen molar-refractivity contribution in [2.45, 2.75) is 18.1 Å². The highest BCUT2D eigenvalue weighted by molar-refractivity contribution is 7.91. The van der Waals surface area contributed by atoms with Gasteiger partial charge in [-0.05, 0) is 25.5 Å². The first kappa shape index (κ1) is 15.5. The molecule has 6 nitrogen and oxygen atoms in total. The van der Waals surface area contributed by atoms with E-state index in [0.29, 0.717) is 5.56 Å². The summed E-state index contributed by atoms with van der Waals surface area (Å²) in [6.45, 7) is 3.00. The van der Waals surface area contributed by atoms with Gasteiger partial charge >= 0.3 is 0 Å². The Morgan fingerprint density at radius 2 is 2.05 bits per heavy atom. The third kappa shape index (κ3) is 3.26. The molecule has 1 heterocycles. The molecule has 1 aromatic heterocycles. The number of carbonyl (C=O) groups is 1. The van der Waals surface area contributed by atoms with Crippen LogP contribution in [0.5, 0.6) is 0 Å². The Morgan fingerprint density at radius 1 is 1.38 bits per heavy atom. The lowest BCUT2D eigenvalue weighted by Crippen LogP contribution is -2.14. The van der Waals surface area contributed by atoms with E-state index in [2.05, 4.69) is 10.3 Å². The van der Waals surface area contributed by atoms with E-state index >= 15 is 0 Å². The minimum atomic E-state index is -3.90. The summed E-state index contributed by atoms with van der Waals surface area (Å²) >= 11 is 0.721. The van der Waals surface area contributed by atoms with Crippen LogP contribution in [0.4, 0.5) is 9.52 Å². The number of nitrogens with zero attached hydrogens (tertiary/aromatic N) is 1. The zero-order chi connectivity index (χ0) is 15.8. The van der Waals surface area contributed by atoms with Gasteiger partial charge in [0.2, 0.25) is 10.0 Å². The van der Waals surface area contributed by atoms with E-state index in [1.165, 1.54) is 13.0 Å². The molecule has 112 valence electrons. The number of sulfonamides is 1. The third-order valence-corrected chi connectivity index (χ3v) is 5.30. The standard InChI is InChI=1S/C12H12FN3O3S2/c1-6-4-3-5-8(9(6)13)10(17)16-12-15-7(2)11(20-12)21(14,18)19/h3-5H,1-2H3,(H2,14,18,19)(H,15,16,17). The van der Waals surface area contributed by atoms with Gasteiger partial charge in [-0.2, -0.15) is 0 Å². The molecule has 0 saturated heterocycles. The average molecular weight is 329 g/mol. The largest absolute Gasteiger partial charge is 0.298 e. The minimum absolute atomic E-state index is 0.0439. The zero-order valence-electron chi connectivity index (χ0n) is 11.2. The molecular formula is C12H12FN3O3S2. The molecule has 0 aliphatic rings. The number of rotatable bonds is 3. The Morgan fingerprint density at radius 3 is 2.62 bits per heavy atom. The maximum Gasteiger partial charge on any atom is 0.260 e. The van der Waals surface area contributed by atoms with Gasteiger partial charge in [-0.15, -0.1) is 0 Å². The minimum Gasteiger partial charge on any atom is -0.298 e. The fraction of sp³-hybridized carbons (Fsp3) is 0.167. The number of halogens is 1. The van der Waals surface area contributed by atoms with Crippen molar-refractivity contribution in [3.8, 4) is 0 Å². The number of thiazole rings is 1. The first-order valence-electron chi connectivity index (χ1n) is 5.77. The molecule has 0 radical (unpaired) electrons. The van der Waals surface area contributed by atoms with Crippen LogP contribution in [0.15, 0.2) is 22.4 Å². The summed E-state index contributed by atoms with van der Waals surface area (Å²) in [5, 5.41) is 7.44. The summed E-state index contributed by atoms with van der Waals surface area (Å²) < 4.78 is 36.3. The van der Waals surface area contributed by atoms with E-state index in [9.17, 15) is 17.6 Å². The van der Waals surface area contributed by atoms with Crippen LogP contribution >= 0.6 is 11.3 Å². The van der Waals surface area contributed by atoms with Crippen LogP contribution in [0.2, 0.25) is 0 Å². The molecule has 1 aromatic carbocycles. The molecule has 9 heteroatoms. The Kier molecular flexibility index (Phi) is 4.08. The lowest BCUT2D eigenvalue weighted by Gasteiger charge is -2.04. The monoisotopic (exact) mass is 329 g/mol. The Hall–Kier alpha value is -1.84. The van der Waals surface area contributed by atoms with Crippen LogP contribution in [0.25, 0.3) is 0 Å². The quantitative estimate of drug-likeness (QED) is 0.896. The molecule has 0 atom stereocenters. The van der Waals surface area contributed by atoms with E-state index in [4.69, 9.17) is 5.14 Å². The lowest BCUT2D eigenvalue weighted by molar-refractivity contribution is 0.102. The van der Waals surface area contributed by atoms with Crippen molar-refractivity contribution >= 4 is 32.4 Å². The first-order chi connectivity index (χ1) is 9.70. The molecule has 2 aromatic rings. The summed E-state index contributed by atoms with van der Waals surface area (Å²) in [7, 11) is -3.90. The van der Waals surface area contributed by atoms with E-state index in [1.54, 1.807) is 19.1 Å². The van der Waals surface area contributed by atoms with Crippen LogP contribution in [0.3, 0.4) is 0 Å². The number of aromatic nitrogens is 1. The van der Waals surface area contributed by atoms with Crippen molar-refractivity contribution in [3.63, 3.8) is 0 Å². The lowest BCUT2D eigenvalue weighted by atomic mass is 10.1. The molecule has 1 amide bonds. The smallest absolute Gasteiger partial charge is 0.260 e. The molecule has 0 saturated carbocycles. The van der Waals surface area contributed by atoms with Crippen LogP contribution in [-0.2, 0) is 10.0 Å². The van der Waals surface area contributed by atoms with E-state index in [-0.39, 0.29) is 20.6 Å². The number of hydrogen-bond acceptors (Lipinski definition) is 5. The highest BCUT2D eigenvalue weighted by Gasteiger charge is 2.20. The van der Waals surface area contributed by atoms with Crippen molar-refractivity contribution in [2.75, 3.05) is 5.32 Å². The number of primary sulfonamides is 1. The van der Waals surface area contributed by atoms with Crippen molar-refractivity contribution in [1.29, 1.82) is 0 Å². The second kappa shape index (κ2) is 5.51. The first-order valence-corrected chi connectivity index (χ1v) is 8.13. The number of anilines is 1. The Balaban J connectivity index is 2.31. The van der Waals surface area contributed by atoms with Crippen LogP contribution in [0, 0.1) is 19.7 Å². The summed E-state index contributed by atoms with van der Waals surface area (Å²) in [5.41, 5.74) is 0.380. The van der Waals surface area contributed by atoms with E-state index < -0.39 is 21.7 Å². The molecule has 0 aliphatic heterocycles. The van der Waals surface area contributed by atoms with Crippen molar-refractivity contribution < 1.29 is 17.6 Å². The highest BCUT2D eigenvalue weighted by atomic mass is 32.2.